The highest BCUT2D eigenvalue weighted by molar-refractivity contribution is 7.89. The predicted octanol–water partition coefficient (Wildman–Crippen LogP) is 1.93. The zero-order valence-corrected chi connectivity index (χ0v) is 12.9. The van der Waals surface area contributed by atoms with Gasteiger partial charge in [-0.25, -0.2) is 13.6 Å². The molecule has 6 heteroatoms. The van der Waals surface area contributed by atoms with E-state index in [1.165, 1.54) is 6.07 Å². The van der Waals surface area contributed by atoms with E-state index in [1.807, 2.05) is 0 Å². The van der Waals surface area contributed by atoms with Crippen molar-refractivity contribution in [2.24, 2.45) is 11.1 Å². The number of primary sulfonamides is 1. The normalized spacial score (nSPS) is 15.6. The number of nitrogens with zero attached hydrogens (tertiary/aromatic N) is 1. The summed E-state index contributed by atoms with van der Waals surface area (Å²) in [5.41, 5.74) is 7.42. The van der Waals surface area contributed by atoms with Crippen LogP contribution in [0, 0.1) is 5.92 Å². The van der Waals surface area contributed by atoms with Crippen molar-refractivity contribution in [2.45, 2.75) is 44.0 Å². The van der Waals surface area contributed by atoms with Gasteiger partial charge in [0.25, 0.3) is 0 Å². The van der Waals surface area contributed by atoms with Crippen molar-refractivity contribution in [1.29, 1.82) is 0 Å². The number of nitrogen functional groups attached to an aromatic ring is 1. The van der Waals surface area contributed by atoms with Gasteiger partial charge in [-0.2, -0.15) is 0 Å². The van der Waals surface area contributed by atoms with E-state index in [0.717, 1.165) is 31.5 Å². The summed E-state index contributed by atoms with van der Waals surface area (Å²) in [4.78, 5) is 2.35. The zero-order chi connectivity index (χ0) is 14.9. The van der Waals surface area contributed by atoms with Crippen LogP contribution in [0.5, 0.6) is 0 Å². The number of sulfonamides is 1. The molecule has 1 aromatic rings. The summed E-state index contributed by atoms with van der Waals surface area (Å²) in [6.07, 6.45) is 3.32. The van der Waals surface area contributed by atoms with Gasteiger partial charge >= 0.3 is 0 Å². The lowest BCUT2D eigenvalue weighted by atomic mass is 10.1. The van der Waals surface area contributed by atoms with Crippen molar-refractivity contribution in [1.82, 2.24) is 0 Å². The molecule has 4 N–H and O–H groups in total. The van der Waals surface area contributed by atoms with Gasteiger partial charge in [0.2, 0.25) is 10.0 Å². The summed E-state index contributed by atoms with van der Waals surface area (Å²) in [6.45, 7) is 5.24. The van der Waals surface area contributed by atoms with Crippen molar-refractivity contribution < 1.29 is 8.42 Å². The molecule has 0 amide bonds. The molecule has 1 aliphatic rings. The SMILES string of the molecule is CC(C)CCN(c1cc(S(N)(=O)=O)ccc1N)C1CC1. The van der Waals surface area contributed by atoms with Crippen molar-refractivity contribution in [3.63, 3.8) is 0 Å². The van der Waals surface area contributed by atoms with Gasteiger partial charge in [0.05, 0.1) is 16.3 Å². The Hall–Kier alpha value is -1.27. The van der Waals surface area contributed by atoms with Crippen LogP contribution >= 0.6 is 0 Å². The van der Waals surface area contributed by atoms with Gasteiger partial charge < -0.3 is 10.6 Å². The van der Waals surface area contributed by atoms with Crippen LogP contribution in [0.4, 0.5) is 11.4 Å². The second-order valence-corrected chi connectivity index (χ2v) is 7.43. The molecule has 1 saturated carbocycles. The number of benzene rings is 1. The predicted molar refractivity (Wildman–Crippen MR) is 82.1 cm³/mol. The van der Waals surface area contributed by atoms with Crippen LogP contribution in [-0.4, -0.2) is 21.0 Å². The highest BCUT2D eigenvalue weighted by Gasteiger charge is 2.30. The van der Waals surface area contributed by atoms with Crippen LogP contribution in [0.2, 0.25) is 0 Å². The molecule has 0 radical (unpaired) electrons. The van der Waals surface area contributed by atoms with E-state index >= 15 is 0 Å². The molecular weight excluding hydrogens is 274 g/mol. The summed E-state index contributed by atoms with van der Waals surface area (Å²) in [7, 11) is -3.69. The van der Waals surface area contributed by atoms with E-state index in [2.05, 4.69) is 18.7 Å². The topological polar surface area (TPSA) is 89.4 Å². The van der Waals surface area contributed by atoms with Gasteiger partial charge in [-0.1, -0.05) is 13.8 Å². The lowest BCUT2D eigenvalue weighted by molar-refractivity contribution is 0.570. The number of anilines is 2. The number of hydrogen-bond acceptors (Lipinski definition) is 4. The Morgan fingerprint density at radius 3 is 2.50 bits per heavy atom. The minimum atomic E-state index is -3.69. The highest BCUT2D eigenvalue weighted by Crippen LogP contribution is 2.36. The smallest absolute Gasteiger partial charge is 0.238 e. The molecule has 20 heavy (non-hydrogen) atoms. The maximum Gasteiger partial charge on any atom is 0.238 e. The third-order valence-electron chi connectivity index (χ3n) is 3.57. The zero-order valence-electron chi connectivity index (χ0n) is 12.0. The fourth-order valence-corrected chi connectivity index (χ4v) is 2.77. The van der Waals surface area contributed by atoms with E-state index in [4.69, 9.17) is 10.9 Å². The summed E-state index contributed by atoms with van der Waals surface area (Å²) in [5.74, 6) is 0.596. The van der Waals surface area contributed by atoms with Crippen molar-refractivity contribution >= 4 is 21.4 Å². The Bertz CT molecular complexity index is 580. The molecule has 0 unspecified atom stereocenters. The van der Waals surface area contributed by atoms with E-state index in [1.54, 1.807) is 12.1 Å². The number of hydrogen-bond donors (Lipinski definition) is 2. The van der Waals surface area contributed by atoms with Gasteiger partial charge in [0, 0.05) is 12.6 Å². The molecule has 0 saturated heterocycles. The summed E-state index contributed by atoms with van der Waals surface area (Å²) >= 11 is 0. The Balaban J connectivity index is 2.32. The summed E-state index contributed by atoms with van der Waals surface area (Å²) in [5, 5.41) is 5.20. The average molecular weight is 297 g/mol. The Labute approximate surface area is 121 Å². The lowest BCUT2D eigenvalue weighted by Gasteiger charge is -2.27. The maximum atomic E-state index is 11.5. The third-order valence-corrected chi connectivity index (χ3v) is 4.49. The number of nitrogens with two attached hydrogens (primary N) is 2. The molecule has 0 bridgehead atoms. The van der Waals surface area contributed by atoms with Gasteiger partial charge in [-0.3, -0.25) is 0 Å². The first kappa shape index (κ1) is 15.1. The highest BCUT2D eigenvalue weighted by atomic mass is 32.2. The summed E-state index contributed by atoms with van der Waals surface area (Å²) in [6, 6.07) is 5.16. The van der Waals surface area contributed by atoms with E-state index < -0.39 is 10.0 Å². The molecule has 0 heterocycles. The molecule has 0 aliphatic heterocycles. The van der Waals surface area contributed by atoms with E-state index in [9.17, 15) is 8.42 Å². The third kappa shape index (κ3) is 3.64. The molecule has 0 atom stereocenters. The lowest BCUT2D eigenvalue weighted by Crippen LogP contribution is -2.29. The van der Waals surface area contributed by atoms with Crippen LogP contribution in [0.1, 0.15) is 33.1 Å². The minimum Gasteiger partial charge on any atom is -0.397 e. The second kappa shape index (κ2) is 5.61. The summed E-state index contributed by atoms with van der Waals surface area (Å²) < 4.78 is 23.0. The molecule has 112 valence electrons. The van der Waals surface area contributed by atoms with Gasteiger partial charge in [-0.05, 0) is 43.4 Å². The Kier molecular flexibility index (Phi) is 4.25. The van der Waals surface area contributed by atoms with E-state index in [-0.39, 0.29) is 4.90 Å². The standard InChI is InChI=1S/C14H23N3O2S/c1-10(2)7-8-17(11-3-4-11)14-9-12(20(16,18)19)5-6-13(14)15/h5-6,9-11H,3-4,7-8,15H2,1-2H3,(H2,16,18,19). The molecule has 0 spiro atoms. The van der Waals surface area contributed by atoms with Crippen LogP contribution in [0.15, 0.2) is 23.1 Å². The molecule has 1 fully saturated rings. The van der Waals surface area contributed by atoms with E-state index in [0.29, 0.717) is 17.6 Å². The monoisotopic (exact) mass is 297 g/mol. The van der Waals surface area contributed by atoms with Gasteiger partial charge in [0.15, 0.2) is 0 Å². The van der Waals surface area contributed by atoms with Crippen LogP contribution < -0.4 is 15.8 Å². The van der Waals surface area contributed by atoms with Crippen molar-refractivity contribution in [3.05, 3.63) is 18.2 Å². The van der Waals surface area contributed by atoms with Crippen LogP contribution in [0.3, 0.4) is 0 Å². The minimum absolute atomic E-state index is 0.122. The quantitative estimate of drug-likeness (QED) is 0.785. The first-order valence-corrected chi connectivity index (χ1v) is 8.52. The maximum absolute atomic E-state index is 11.5. The average Bonchev–Trinajstić information content (AvgIpc) is 3.14. The Morgan fingerprint density at radius 2 is 2.00 bits per heavy atom. The molecular formula is C14H23N3O2S. The fraction of sp³-hybridized carbons (Fsp3) is 0.571. The van der Waals surface area contributed by atoms with Crippen molar-refractivity contribution in [3.8, 4) is 0 Å². The van der Waals surface area contributed by atoms with Crippen molar-refractivity contribution in [2.75, 3.05) is 17.2 Å². The van der Waals surface area contributed by atoms with Crippen LogP contribution in [0.25, 0.3) is 0 Å². The second-order valence-electron chi connectivity index (χ2n) is 5.87. The van der Waals surface area contributed by atoms with Gasteiger partial charge in [-0.15, -0.1) is 0 Å². The Morgan fingerprint density at radius 1 is 1.35 bits per heavy atom. The van der Waals surface area contributed by atoms with Crippen LogP contribution in [-0.2, 0) is 10.0 Å². The largest absolute Gasteiger partial charge is 0.397 e. The molecule has 1 aromatic carbocycles. The molecule has 0 aromatic heterocycles. The van der Waals surface area contributed by atoms with Gasteiger partial charge in [0.1, 0.15) is 0 Å². The first-order chi connectivity index (χ1) is 9.29. The molecule has 2 rings (SSSR count). The molecule has 1 aliphatic carbocycles. The molecule has 5 nitrogen and oxygen atoms in total. The number of rotatable bonds is 6. The first-order valence-electron chi connectivity index (χ1n) is 6.98. The fourth-order valence-electron chi connectivity index (χ4n) is 2.23.